The number of esters is 1. The zero-order valence-electron chi connectivity index (χ0n) is 3.95. The van der Waals surface area contributed by atoms with Crippen molar-refractivity contribution in [2.75, 3.05) is 7.11 Å². The molecule has 0 saturated heterocycles. The number of halogens is 3. The zero-order chi connectivity index (χ0) is 6.78. The molecule has 0 fully saturated rings. The molecule has 0 N–H and O–H groups in total. The second-order valence-corrected chi connectivity index (χ2v) is 2.34. The molecular formula is C3H3F2IO2. The SMILES string of the molecule is COC(=O)C(F)(F)I. The van der Waals surface area contributed by atoms with Gasteiger partial charge in [-0.15, -0.1) is 0 Å². The van der Waals surface area contributed by atoms with Crippen molar-refractivity contribution in [1.82, 2.24) is 0 Å². The monoisotopic (exact) mass is 236 g/mol. The van der Waals surface area contributed by atoms with Crippen LogP contribution in [0, 0.1) is 0 Å². The minimum atomic E-state index is -3.38. The largest absolute Gasteiger partial charge is 0.464 e. The molecule has 0 aliphatic carbocycles. The molecule has 0 aromatic rings. The number of hydrogen-bond acceptors (Lipinski definition) is 2. The molecule has 8 heavy (non-hydrogen) atoms. The van der Waals surface area contributed by atoms with Crippen molar-refractivity contribution in [2.24, 2.45) is 0 Å². The van der Waals surface area contributed by atoms with E-state index in [1.165, 1.54) is 0 Å². The molecule has 0 atom stereocenters. The summed E-state index contributed by atoms with van der Waals surface area (Å²) in [5, 5.41) is 0. The highest BCUT2D eigenvalue weighted by Gasteiger charge is 2.35. The van der Waals surface area contributed by atoms with Gasteiger partial charge in [0.2, 0.25) is 0 Å². The van der Waals surface area contributed by atoms with Gasteiger partial charge in [0, 0.05) is 22.6 Å². The van der Waals surface area contributed by atoms with Crippen LogP contribution in [0.15, 0.2) is 0 Å². The minimum Gasteiger partial charge on any atom is -0.464 e. The fourth-order valence-corrected chi connectivity index (χ4v) is 0.336. The maximum Gasteiger partial charge on any atom is 0.390 e. The standard InChI is InChI=1S/C3H3F2IO2/c1-8-2(7)3(4,5)6/h1H3. The van der Waals surface area contributed by atoms with Crippen LogP contribution in [0.3, 0.4) is 0 Å². The smallest absolute Gasteiger partial charge is 0.390 e. The summed E-state index contributed by atoms with van der Waals surface area (Å²) < 4.78 is 23.6. The van der Waals surface area contributed by atoms with Gasteiger partial charge >= 0.3 is 9.90 Å². The average molecular weight is 236 g/mol. The Morgan fingerprint density at radius 3 is 2.12 bits per heavy atom. The molecule has 0 saturated carbocycles. The Kier molecular flexibility index (Phi) is 2.58. The van der Waals surface area contributed by atoms with Crippen LogP contribution in [0.1, 0.15) is 0 Å². The van der Waals surface area contributed by atoms with Gasteiger partial charge < -0.3 is 4.74 Å². The van der Waals surface area contributed by atoms with Crippen molar-refractivity contribution in [3.05, 3.63) is 0 Å². The molecular weight excluding hydrogens is 233 g/mol. The molecule has 0 spiro atoms. The molecule has 2 nitrogen and oxygen atoms in total. The van der Waals surface area contributed by atoms with E-state index in [1.54, 1.807) is 0 Å². The second-order valence-electron chi connectivity index (χ2n) is 0.989. The van der Waals surface area contributed by atoms with E-state index in [0.717, 1.165) is 7.11 Å². The van der Waals surface area contributed by atoms with Gasteiger partial charge in [-0.3, -0.25) is 0 Å². The number of alkyl halides is 3. The van der Waals surface area contributed by atoms with Gasteiger partial charge in [0.05, 0.1) is 7.11 Å². The first-order chi connectivity index (χ1) is 3.48. The summed E-state index contributed by atoms with van der Waals surface area (Å²) in [4.78, 5) is 9.85. The fourth-order valence-electron chi connectivity index (χ4n) is 0.116. The Morgan fingerprint density at radius 2 is 2.12 bits per heavy atom. The van der Waals surface area contributed by atoms with Crippen molar-refractivity contribution in [3.63, 3.8) is 0 Å². The maximum atomic E-state index is 11.6. The van der Waals surface area contributed by atoms with E-state index in [4.69, 9.17) is 0 Å². The third-order valence-electron chi connectivity index (χ3n) is 0.417. The molecule has 0 amide bonds. The van der Waals surface area contributed by atoms with Gasteiger partial charge in [0.25, 0.3) is 0 Å². The highest BCUT2D eigenvalue weighted by molar-refractivity contribution is 14.1. The first-order valence-corrected chi connectivity index (χ1v) is 2.71. The van der Waals surface area contributed by atoms with Crippen molar-refractivity contribution < 1.29 is 18.3 Å². The molecule has 0 heterocycles. The van der Waals surface area contributed by atoms with Gasteiger partial charge in [-0.1, -0.05) is 0 Å². The number of methoxy groups -OCH3 is 1. The number of carbonyl (C=O) groups excluding carboxylic acids is 1. The van der Waals surface area contributed by atoms with Crippen LogP contribution in [-0.2, 0) is 9.53 Å². The van der Waals surface area contributed by atoms with E-state index in [-0.39, 0.29) is 0 Å². The van der Waals surface area contributed by atoms with Gasteiger partial charge in [0.1, 0.15) is 0 Å². The van der Waals surface area contributed by atoms with Crippen LogP contribution >= 0.6 is 22.6 Å². The topological polar surface area (TPSA) is 26.3 Å². The number of hydrogen-bond donors (Lipinski definition) is 0. The van der Waals surface area contributed by atoms with Crippen LogP contribution in [0.5, 0.6) is 0 Å². The lowest BCUT2D eigenvalue weighted by Gasteiger charge is -2.02. The molecule has 0 unspecified atom stereocenters. The minimum absolute atomic E-state index is 0.695. The fraction of sp³-hybridized carbons (Fsp3) is 0.667. The zero-order valence-corrected chi connectivity index (χ0v) is 6.11. The number of rotatable bonds is 1. The Bertz CT molecular complexity index is 97.9. The third-order valence-corrected chi connectivity index (χ3v) is 0.857. The lowest BCUT2D eigenvalue weighted by Crippen LogP contribution is -2.21. The maximum absolute atomic E-state index is 11.6. The second kappa shape index (κ2) is 2.56. The molecule has 0 aromatic heterocycles. The summed E-state index contributed by atoms with van der Waals surface area (Å²) in [6.07, 6.45) is 0. The van der Waals surface area contributed by atoms with Crippen molar-refractivity contribution in [2.45, 2.75) is 3.93 Å². The van der Waals surface area contributed by atoms with E-state index in [0.29, 0.717) is 22.6 Å². The first-order valence-electron chi connectivity index (χ1n) is 1.63. The highest BCUT2D eigenvalue weighted by Crippen LogP contribution is 2.23. The van der Waals surface area contributed by atoms with Gasteiger partial charge in [-0.05, 0) is 0 Å². The molecule has 0 aromatic carbocycles. The van der Waals surface area contributed by atoms with Crippen molar-refractivity contribution in [1.29, 1.82) is 0 Å². The molecule has 0 aliphatic heterocycles. The highest BCUT2D eigenvalue weighted by atomic mass is 127. The van der Waals surface area contributed by atoms with Crippen LogP contribution in [0.4, 0.5) is 8.78 Å². The Balaban J connectivity index is 3.82. The van der Waals surface area contributed by atoms with E-state index < -0.39 is 9.90 Å². The van der Waals surface area contributed by atoms with Crippen LogP contribution in [0.25, 0.3) is 0 Å². The van der Waals surface area contributed by atoms with Crippen LogP contribution < -0.4 is 0 Å². The molecule has 0 rings (SSSR count). The lowest BCUT2D eigenvalue weighted by atomic mass is 10.7. The molecule has 0 aliphatic rings. The van der Waals surface area contributed by atoms with E-state index >= 15 is 0 Å². The van der Waals surface area contributed by atoms with Crippen molar-refractivity contribution >= 4 is 28.6 Å². The number of ether oxygens (including phenoxy) is 1. The van der Waals surface area contributed by atoms with E-state index in [9.17, 15) is 13.6 Å². The third kappa shape index (κ3) is 2.39. The van der Waals surface area contributed by atoms with E-state index in [1.807, 2.05) is 0 Å². The van der Waals surface area contributed by atoms with E-state index in [2.05, 4.69) is 4.74 Å². The Hall–Kier alpha value is 0.0600. The molecule has 48 valence electrons. The molecule has 0 bridgehead atoms. The average Bonchev–Trinajstić information content (AvgIpc) is 1.62. The summed E-state index contributed by atoms with van der Waals surface area (Å²) in [6, 6.07) is 0. The Labute approximate surface area is 58.3 Å². The van der Waals surface area contributed by atoms with Crippen LogP contribution in [0.2, 0.25) is 0 Å². The molecule has 0 radical (unpaired) electrons. The summed E-state index contributed by atoms with van der Waals surface area (Å²) in [7, 11) is 0.912. The normalized spacial score (nSPS) is 11.0. The summed E-state index contributed by atoms with van der Waals surface area (Å²) in [5.74, 6) is -1.52. The van der Waals surface area contributed by atoms with Gasteiger partial charge in [0.15, 0.2) is 0 Å². The number of carbonyl (C=O) groups is 1. The lowest BCUT2D eigenvalue weighted by molar-refractivity contribution is -0.154. The Morgan fingerprint density at radius 1 is 1.75 bits per heavy atom. The van der Waals surface area contributed by atoms with Crippen molar-refractivity contribution in [3.8, 4) is 0 Å². The summed E-state index contributed by atoms with van der Waals surface area (Å²) in [6.45, 7) is 0. The van der Waals surface area contributed by atoms with Crippen LogP contribution in [-0.4, -0.2) is 17.0 Å². The molecule has 5 heteroatoms. The van der Waals surface area contributed by atoms with Gasteiger partial charge in [-0.2, -0.15) is 8.78 Å². The predicted molar refractivity (Wildman–Crippen MR) is 31.0 cm³/mol. The summed E-state index contributed by atoms with van der Waals surface area (Å²) in [5.41, 5.74) is 0. The quantitative estimate of drug-likeness (QED) is 0.388. The first kappa shape index (κ1) is 8.06. The summed E-state index contributed by atoms with van der Waals surface area (Å²) >= 11 is 0.695. The predicted octanol–water partition coefficient (Wildman–Crippen LogP) is 1.19. The van der Waals surface area contributed by atoms with Gasteiger partial charge in [-0.25, -0.2) is 4.79 Å².